The van der Waals surface area contributed by atoms with E-state index in [2.05, 4.69) is 20.8 Å². The van der Waals surface area contributed by atoms with Gasteiger partial charge in [-0.05, 0) is 67.8 Å². The zero-order valence-corrected chi connectivity index (χ0v) is 16.2. The van der Waals surface area contributed by atoms with Crippen molar-refractivity contribution in [1.82, 2.24) is 4.90 Å². The van der Waals surface area contributed by atoms with Crippen LogP contribution in [0.1, 0.15) is 41.6 Å². The van der Waals surface area contributed by atoms with Gasteiger partial charge in [-0.25, -0.2) is 4.39 Å². The maximum absolute atomic E-state index is 12.9. The van der Waals surface area contributed by atoms with E-state index in [1.165, 1.54) is 24.3 Å². The molecule has 0 aliphatic carbocycles. The molecule has 1 heterocycles. The fraction of sp³-hybridized carbons (Fsp3) is 0.381. The topological polar surface area (TPSA) is 40.5 Å². The molecule has 5 heteroatoms. The van der Waals surface area contributed by atoms with Gasteiger partial charge in [-0.1, -0.05) is 28.1 Å². The van der Waals surface area contributed by atoms with Gasteiger partial charge >= 0.3 is 0 Å². The van der Waals surface area contributed by atoms with Gasteiger partial charge in [0.15, 0.2) is 5.78 Å². The number of rotatable bonds is 6. The predicted molar refractivity (Wildman–Crippen MR) is 104 cm³/mol. The molecule has 138 valence electrons. The second-order valence-electron chi connectivity index (χ2n) is 6.91. The third-order valence-electron chi connectivity index (χ3n) is 5.11. The second kappa shape index (κ2) is 8.42. The van der Waals surface area contributed by atoms with Crippen LogP contribution in [0.3, 0.4) is 0 Å². The van der Waals surface area contributed by atoms with E-state index in [0.717, 1.165) is 36.1 Å². The molecule has 0 atom stereocenters. The summed E-state index contributed by atoms with van der Waals surface area (Å²) in [4.78, 5) is 14.4. The first-order chi connectivity index (χ1) is 12.5. The highest BCUT2D eigenvalue weighted by molar-refractivity contribution is 9.10. The molecule has 1 fully saturated rings. The van der Waals surface area contributed by atoms with Crippen molar-refractivity contribution in [1.29, 1.82) is 0 Å². The average molecular weight is 426 g/mol. The van der Waals surface area contributed by atoms with Crippen molar-refractivity contribution in [2.24, 2.45) is 0 Å². The molecule has 1 aliphatic heterocycles. The van der Waals surface area contributed by atoms with Crippen molar-refractivity contribution < 1.29 is 14.3 Å². The summed E-state index contributed by atoms with van der Waals surface area (Å²) in [6, 6.07) is 13.6. The lowest BCUT2D eigenvalue weighted by atomic mass is 9.84. The molecule has 2 aromatic rings. The Morgan fingerprint density at radius 1 is 1.08 bits per heavy atom. The Morgan fingerprint density at radius 2 is 1.69 bits per heavy atom. The SMILES string of the molecule is O=C(CCCN1CCC(O)(c2ccc(Br)cc2)CC1)[13c]1[13cH][13cH][13c](F)[13cH][13cH]1. The van der Waals surface area contributed by atoms with Crippen LogP contribution in [0.4, 0.5) is 4.39 Å². The molecule has 0 bridgehead atoms. The predicted octanol–water partition coefficient (Wildman–Crippen LogP) is 4.53. The Balaban J connectivity index is 1.44. The smallest absolute Gasteiger partial charge is 0.162 e. The molecule has 26 heavy (non-hydrogen) atoms. The lowest BCUT2D eigenvalue weighted by Crippen LogP contribution is -2.42. The molecule has 0 saturated carbocycles. The van der Waals surface area contributed by atoms with Crippen molar-refractivity contribution in [2.75, 3.05) is 19.6 Å². The number of nitrogens with zero attached hydrogens (tertiary/aromatic N) is 1. The van der Waals surface area contributed by atoms with Gasteiger partial charge in [0.25, 0.3) is 0 Å². The van der Waals surface area contributed by atoms with Gasteiger partial charge in [0.1, 0.15) is 5.82 Å². The molecule has 3 rings (SSSR count). The fourth-order valence-corrected chi connectivity index (χ4v) is 3.70. The fourth-order valence-electron chi connectivity index (χ4n) is 3.44. The zero-order chi connectivity index (χ0) is 18.6. The molecule has 0 unspecified atom stereocenters. The first-order valence-corrected chi connectivity index (χ1v) is 9.75. The zero-order valence-electron chi connectivity index (χ0n) is 14.6. The minimum absolute atomic E-state index is 0.0494. The molecule has 1 saturated heterocycles. The van der Waals surface area contributed by atoms with E-state index < -0.39 is 5.60 Å². The van der Waals surface area contributed by atoms with Gasteiger partial charge < -0.3 is 10.0 Å². The lowest BCUT2D eigenvalue weighted by molar-refractivity contribution is -0.0260. The number of piperidine rings is 1. The Hall–Kier alpha value is -1.56. The highest BCUT2D eigenvalue weighted by Gasteiger charge is 2.33. The molecule has 1 aliphatic rings. The van der Waals surface area contributed by atoms with Crippen LogP contribution in [0, 0.1) is 5.82 Å². The van der Waals surface area contributed by atoms with E-state index >= 15 is 0 Å². The molecule has 0 aromatic heterocycles. The summed E-state index contributed by atoms with van der Waals surface area (Å²) >= 11 is 3.42. The van der Waals surface area contributed by atoms with Crippen LogP contribution in [0.5, 0.6) is 0 Å². The number of aliphatic hydroxyl groups is 1. The number of carbonyl (C=O) groups excluding carboxylic acids is 1. The summed E-state index contributed by atoms with van der Waals surface area (Å²) in [6.45, 7) is 2.47. The monoisotopic (exact) mass is 425 g/mol. The van der Waals surface area contributed by atoms with Gasteiger partial charge in [0.05, 0.1) is 5.60 Å². The van der Waals surface area contributed by atoms with E-state index in [1.54, 1.807) is 0 Å². The van der Waals surface area contributed by atoms with E-state index in [0.29, 0.717) is 24.8 Å². The first kappa shape index (κ1) is 19.2. The maximum atomic E-state index is 12.9. The minimum Gasteiger partial charge on any atom is -0.385 e. The Bertz CT molecular complexity index is 738. The van der Waals surface area contributed by atoms with Crippen molar-refractivity contribution in [3.63, 3.8) is 0 Å². The third kappa shape index (κ3) is 4.78. The van der Waals surface area contributed by atoms with Crippen LogP contribution in [0.2, 0.25) is 0 Å². The number of likely N-dealkylation sites (tertiary alicyclic amines) is 1. The standard InChI is InChI=1S/C21H23BrFNO2/c22-18-7-5-17(6-8-18)21(26)11-14-24(15-12-21)13-1-2-20(25)16-3-9-19(23)10-4-16/h3-10,26H,1-2,11-15H2/i3+1,4+1,9+1,10+1,16+1,19+1. The van der Waals surface area contributed by atoms with E-state index in [-0.39, 0.29) is 11.6 Å². The number of benzene rings is 2. The summed E-state index contributed by atoms with van der Waals surface area (Å²) in [5, 5.41) is 10.9. The summed E-state index contributed by atoms with van der Waals surface area (Å²) in [6.07, 6.45) is 2.62. The number of hydrogen-bond acceptors (Lipinski definition) is 3. The highest BCUT2D eigenvalue weighted by Crippen LogP contribution is 2.33. The van der Waals surface area contributed by atoms with Crippen LogP contribution in [0.25, 0.3) is 0 Å². The molecule has 2 aromatic carbocycles. The summed E-state index contributed by atoms with van der Waals surface area (Å²) in [7, 11) is 0. The number of Topliss-reactive ketones (excluding diaryl/α,β-unsaturated/α-hetero) is 1. The lowest BCUT2D eigenvalue weighted by Gasteiger charge is -2.38. The molecular formula is C21H23BrFNO2. The third-order valence-corrected chi connectivity index (χ3v) is 5.64. The van der Waals surface area contributed by atoms with Gasteiger partial charge in [-0.3, -0.25) is 4.79 Å². The molecule has 0 radical (unpaired) electrons. The Labute approximate surface area is 162 Å². The molecule has 3 nitrogen and oxygen atoms in total. The van der Waals surface area contributed by atoms with E-state index in [4.69, 9.17) is 0 Å². The number of carbonyl (C=O) groups is 1. The van der Waals surface area contributed by atoms with E-state index in [9.17, 15) is 14.3 Å². The maximum Gasteiger partial charge on any atom is 0.162 e. The van der Waals surface area contributed by atoms with Gasteiger partial charge in [0.2, 0.25) is 0 Å². The van der Waals surface area contributed by atoms with Gasteiger partial charge in [-0.15, -0.1) is 0 Å². The Morgan fingerprint density at radius 3 is 2.31 bits per heavy atom. The number of ketones is 1. The second-order valence-corrected chi connectivity index (χ2v) is 7.83. The van der Waals surface area contributed by atoms with Gasteiger partial charge in [0, 0.05) is 29.5 Å². The summed E-state index contributed by atoms with van der Waals surface area (Å²) in [5.74, 6) is -0.276. The van der Waals surface area contributed by atoms with Crippen LogP contribution >= 0.6 is 15.9 Å². The van der Waals surface area contributed by atoms with Crippen LogP contribution in [-0.2, 0) is 5.60 Å². The molecule has 0 spiro atoms. The van der Waals surface area contributed by atoms with Crippen LogP contribution in [0.15, 0.2) is 53.0 Å². The largest absolute Gasteiger partial charge is 0.385 e. The summed E-state index contributed by atoms with van der Waals surface area (Å²) in [5.41, 5.74) is 0.766. The van der Waals surface area contributed by atoms with Crippen molar-refractivity contribution in [2.45, 2.75) is 31.3 Å². The molecule has 1 N–H and O–H groups in total. The minimum atomic E-state index is -0.763. The van der Waals surface area contributed by atoms with Crippen LogP contribution in [-0.4, -0.2) is 35.4 Å². The van der Waals surface area contributed by atoms with Gasteiger partial charge in [-0.2, -0.15) is 0 Å². The van der Waals surface area contributed by atoms with Crippen molar-refractivity contribution in [3.8, 4) is 0 Å². The average Bonchev–Trinajstić information content (AvgIpc) is 2.64. The van der Waals surface area contributed by atoms with E-state index in [1.807, 2.05) is 24.3 Å². The number of halogens is 2. The molecular weight excluding hydrogens is 403 g/mol. The summed E-state index contributed by atoms with van der Waals surface area (Å²) < 4.78 is 13.9. The van der Waals surface area contributed by atoms with Crippen LogP contribution < -0.4 is 0 Å². The first-order valence-electron chi connectivity index (χ1n) is 8.96. The van der Waals surface area contributed by atoms with Crippen molar-refractivity contribution >= 4 is 21.7 Å². The highest BCUT2D eigenvalue weighted by atomic mass is 79.9. The quantitative estimate of drug-likeness (QED) is 0.690. The molecule has 0 amide bonds. The normalized spacial score (nSPS) is 17.2. The number of hydrogen-bond donors (Lipinski definition) is 1. The van der Waals surface area contributed by atoms with Crippen molar-refractivity contribution in [3.05, 3.63) is 69.9 Å². The Kier molecular flexibility index (Phi) is 6.22.